The third-order valence-corrected chi connectivity index (χ3v) is 3.00. The van der Waals surface area contributed by atoms with Crippen LogP contribution in [0.15, 0.2) is 0 Å². The molecular formula is C11H19NO3. The van der Waals surface area contributed by atoms with Gasteiger partial charge >= 0.3 is 0 Å². The Kier molecular flexibility index (Phi) is 3.26. The van der Waals surface area contributed by atoms with E-state index in [1.54, 1.807) is 0 Å². The number of rotatable bonds is 4. The van der Waals surface area contributed by atoms with Crippen molar-refractivity contribution in [3.63, 3.8) is 0 Å². The Morgan fingerprint density at radius 1 is 1.53 bits per heavy atom. The van der Waals surface area contributed by atoms with Gasteiger partial charge in [-0.2, -0.15) is 0 Å². The molecule has 3 atom stereocenters. The van der Waals surface area contributed by atoms with Crippen molar-refractivity contribution in [2.24, 2.45) is 0 Å². The molecule has 1 amide bonds. The first-order valence-electron chi connectivity index (χ1n) is 5.71. The van der Waals surface area contributed by atoms with E-state index < -0.39 is 0 Å². The van der Waals surface area contributed by atoms with Gasteiger partial charge in [0.1, 0.15) is 6.61 Å². The van der Waals surface area contributed by atoms with E-state index in [4.69, 9.17) is 9.47 Å². The second-order valence-electron chi connectivity index (χ2n) is 4.64. The highest BCUT2D eigenvalue weighted by Crippen LogP contribution is 2.34. The van der Waals surface area contributed by atoms with E-state index >= 15 is 0 Å². The fraction of sp³-hybridized carbons (Fsp3) is 0.909. The van der Waals surface area contributed by atoms with Crippen LogP contribution in [0.25, 0.3) is 0 Å². The fourth-order valence-electron chi connectivity index (χ4n) is 2.28. The first kappa shape index (κ1) is 10.9. The average Bonchev–Trinajstić information content (AvgIpc) is 2.76. The van der Waals surface area contributed by atoms with Gasteiger partial charge in [0.05, 0.1) is 24.4 Å². The highest BCUT2D eigenvalue weighted by Gasteiger charge is 2.41. The molecule has 0 saturated carbocycles. The topological polar surface area (TPSA) is 47.6 Å². The van der Waals surface area contributed by atoms with Crippen LogP contribution < -0.4 is 5.32 Å². The van der Waals surface area contributed by atoms with E-state index in [1.807, 2.05) is 13.8 Å². The first-order valence-corrected chi connectivity index (χ1v) is 5.71. The zero-order chi connectivity index (χ0) is 10.8. The van der Waals surface area contributed by atoms with Crippen molar-refractivity contribution >= 4 is 5.91 Å². The summed E-state index contributed by atoms with van der Waals surface area (Å²) in [5.41, 5.74) is 0. The van der Waals surface area contributed by atoms with Gasteiger partial charge in [-0.05, 0) is 33.1 Å². The highest BCUT2D eigenvalue weighted by atomic mass is 16.5. The minimum atomic E-state index is -0.0233. The van der Waals surface area contributed by atoms with E-state index in [1.165, 1.54) is 0 Å². The molecule has 4 heteroatoms. The van der Waals surface area contributed by atoms with Crippen molar-refractivity contribution in [3.05, 3.63) is 0 Å². The molecule has 0 radical (unpaired) electrons. The predicted molar refractivity (Wildman–Crippen MR) is 55.5 cm³/mol. The molecule has 15 heavy (non-hydrogen) atoms. The Morgan fingerprint density at radius 3 is 2.87 bits per heavy atom. The van der Waals surface area contributed by atoms with Crippen LogP contribution in [-0.2, 0) is 14.3 Å². The Balaban J connectivity index is 1.71. The van der Waals surface area contributed by atoms with Gasteiger partial charge in [-0.15, -0.1) is 0 Å². The third kappa shape index (κ3) is 2.69. The summed E-state index contributed by atoms with van der Waals surface area (Å²) in [5.74, 6) is -0.0233. The molecule has 0 aliphatic carbocycles. The molecule has 3 unspecified atom stereocenters. The predicted octanol–water partition coefficient (Wildman–Crippen LogP) is 0.847. The lowest BCUT2D eigenvalue weighted by molar-refractivity contribution is -0.128. The normalized spacial score (nSPS) is 33.7. The van der Waals surface area contributed by atoms with E-state index in [0.717, 1.165) is 19.3 Å². The molecule has 2 aliphatic heterocycles. The molecule has 2 fully saturated rings. The number of amides is 1. The molecule has 1 N–H and O–H groups in total. The number of carbonyl (C=O) groups excluding carboxylic acids is 1. The summed E-state index contributed by atoms with van der Waals surface area (Å²) < 4.78 is 10.9. The molecule has 0 aromatic rings. The van der Waals surface area contributed by atoms with Gasteiger partial charge in [-0.25, -0.2) is 0 Å². The maximum absolute atomic E-state index is 11.5. The quantitative estimate of drug-likeness (QED) is 0.753. The van der Waals surface area contributed by atoms with Crippen LogP contribution in [0.5, 0.6) is 0 Å². The van der Waals surface area contributed by atoms with Crippen molar-refractivity contribution < 1.29 is 14.3 Å². The molecule has 2 rings (SSSR count). The Hall–Kier alpha value is -0.610. The number of carbonyl (C=O) groups is 1. The van der Waals surface area contributed by atoms with Gasteiger partial charge < -0.3 is 14.8 Å². The number of nitrogens with one attached hydrogen (secondary N) is 1. The van der Waals surface area contributed by atoms with Crippen molar-refractivity contribution in [2.75, 3.05) is 6.61 Å². The van der Waals surface area contributed by atoms with Crippen LogP contribution in [0.1, 0.15) is 33.1 Å². The largest absolute Gasteiger partial charge is 0.373 e. The Morgan fingerprint density at radius 2 is 2.33 bits per heavy atom. The fourth-order valence-corrected chi connectivity index (χ4v) is 2.28. The molecule has 86 valence electrons. The molecule has 0 spiro atoms. The zero-order valence-electron chi connectivity index (χ0n) is 9.36. The second kappa shape index (κ2) is 4.49. The van der Waals surface area contributed by atoms with Crippen molar-refractivity contribution in [2.45, 2.75) is 57.5 Å². The molecule has 4 nitrogen and oxygen atoms in total. The smallest absolute Gasteiger partial charge is 0.246 e. The van der Waals surface area contributed by atoms with E-state index in [9.17, 15) is 4.79 Å². The summed E-state index contributed by atoms with van der Waals surface area (Å²) >= 11 is 0. The van der Waals surface area contributed by atoms with Crippen LogP contribution in [-0.4, -0.2) is 36.9 Å². The summed E-state index contributed by atoms with van der Waals surface area (Å²) in [6.07, 6.45) is 3.94. The average molecular weight is 213 g/mol. The summed E-state index contributed by atoms with van der Waals surface area (Å²) in [6, 6.07) is 0.215. The van der Waals surface area contributed by atoms with Gasteiger partial charge in [0.15, 0.2) is 0 Å². The summed E-state index contributed by atoms with van der Waals surface area (Å²) in [7, 11) is 0. The van der Waals surface area contributed by atoms with Crippen molar-refractivity contribution in [1.29, 1.82) is 0 Å². The summed E-state index contributed by atoms with van der Waals surface area (Å²) in [4.78, 5) is 11.5. The number of ether oxygens (including phenoxy) is 2. The Labute approximate surface area is 90.3 Å². The molecule has 2 heterocycles. The van der Waals surface area contributed by atoms with Gasteiger partial charge in [0.25, 0.3) is 0 Å². The van der Waals surface area contributed by atoms with Crippen LogP contribution in [0.4, 0.5) is 0 Å². The molecule has 0 aromatic carbocycles. The van der Waals surface area contributed by atoms with Gasteiger partial charge in [-0.3, -0.25) is 4.79 Å². The minimum absolute atomic E-state index is 0.0233. The maximum atomic E-state index is 11.5. The second-order valence-corrected chi connectivity index (χ2v) is 4.64. The molecular weight excluding hydrogens is 194 g/mol. The lowest BCUT2D eigenvalue weighted by Gasteiger charge is -2.20. The molecule has 0 aromatic heterocycles. The number of fused-ring (bicyclic) bond motifs is 2. The first-order chi connectivity index (χ1) is 7.15. The molecule has 2 bridgehead atoms. The summed E-state index contributed by atoms with van der Waals surface area (Å²) in [6.45, 7) is 4.01. The van der Waals surface area contributed by atoms with E-state index in [0.29, 0.717) is 6.10 Å². The van der Waals surface area contributed by atoms with Crippen LogP contribution in [0, 0.1) is 0 Å². The minimum Gasteiger partial charge on any atom is -0.373 e. The highest BCUT2D eigenvalue weighted by molar-refractivity contribution is 5.77. The molecule has 2 aliphatic rings. The standard InChI is InChI=1S/C11H19NO3/c1-7(2)14-6-11(13)12-9-5-8-3-4-10(9)15-8/h7-10H,3-6H2,1-2H3,(H,12,13). The third-order valence-electron chi connectivity index (χ3n) is 3.00. The number of hydrogen-bond donors (Lipinski definition) is 1. The van der Waals surface area contributed by atoms with Crippen LogP contribution >= 0.6 is 0 Å². The van der Waals surface area contributed by atoms with E-state index in [-0.39, 0.29) is 30.8 Å². The molecule has 2 saturated heterocycles. The van der Waals surface area contributed by atoms with Gasteiger partial charge in [-0.1, -0.05) is 0 Å². The number of hydrogen-bond acceptors (Lipinski definition) is 3. The van der Waals surface area contributed by atoms with Gasteiger partial charge in [0, 0.05) is 0 Å². The summed E-state index contributed by atoms with van der Waals surface area (Å²) in [5, 5.41) is 2.98. The van der Waals surface area contributed by atoms with Crippen molar-refractivity contribution in [1.82, 2.24) is 5.32 Å². The van der Waals surface area contributed by atoms with Crippen LogP contribution in [0.2, 0.25) is 0 Å². The SMILES string of the molecule is CC(C)OCC(=O)NC1CC2CCC1O2. The lowest BCUT2D eigenvalue weighted by Crippen LogP contribution is -2.43. The van der Waals surface area contributed by atoms with E-state index in [2.05, 4.69) is 5.32 Å². The van der Waals surface area contributed by atoms with Gasteiger partial charge in [0.2, 0.25) is 5.91 Å². The lowest BCUT2D eigenvalue weighted by atomic mass is 9.95. The monoisotopic (exact) mass is 213 g/mol. The Bertz CT molecular complexity index is 242. The van der Waals surface area contributed by atoms with Crippen LogP contribution in [0.3, 0.4) is 0 Å². The maximum Gasteiger partial charge on any atom is 0.246 e. The zero-order valence-corrected chi connectivity index (χ0v) is 9.36. The van der Waals surface area contributed by atoms with Crippen molar-refractivity contribution in [3.8, 4) is 0 Å².